The number of hydrogen-bond acceptors (Lipinski definition) is 12. The fraction of sp³-hybridized carbons (Fsp3) is 0.414. The SMILES string of the molecule is Cl.N.N.N.N.O=C(CC(=O)c1ccc(Nc2nc(N3CCCCC3)nc(N3CCCCC3)n2)cc1)Nc1ccccc1C(F)(F)F.[HH].[HH].[HH].[HH]. The molecule has 2 aliphatic rings. The Labute approximate surface area is 278 Å². The van der Waals surface area contributed by atoms with Crippen molar-refractivity contribution in [1.29, 1.82) is 0 Å². The van der Waals surface area contributed by atoms with Crippen molar-refractivity contribution in [3.8, 4) is 0 Å². The number of Topliss-reactive ketones (excluding diaryl/α,β-unsaturated/α-hetero) is 1. The van der Waals surface area contributed by atoms with E-state index in [0.717, 1.165) is 64.0 Å². The van der Waals surface area contributed by atoms with Crippen LogP contribution < -0.4 is 45.0 Å². The second-order valence-corrected chi connectivity index (χ2v) is 10.2. The van der Waals surface area contributed by atoms with E-state index in [0.29, 0.717) is 23.5 Å². The fourth-order valence-electron chi connectivity index (χ4n) is 5.03. The van der Waals surface area contributed by atoms with Gasteiger partial charge in [-0.15, -0.1) is 12.4 Å². The zero-order valence-corrected chi connectivity index (χ0v) is 26.6. The number of nitrogens with one attached hydrogen (secondary N) is 2. The molecular formula is C29H53ClF3N11O2. The van der Waals surface area contributed by atoms with Gasteiger partial charge in [-0.2, -0.15) is 28.1 Å². The minimum absolute atomic E-state index is 0. The maximum Gasteiger partial charge on any atom is 0.418 e. The molecule has 0 unspecified atom stereocenters. The highest BCUT2D eigenvalue weighted by Crippen LogP contribution is 2.34. The molecule has 3 heterocycles. The minimum Gasteiger partial charge on any atom is -0.344 e. The third-order valence-electron chi connectivity index (χ3n) is 7.18. The molecule has 0 spiro atoms. The molecule has 14 N–H and O–H groups in total. The number of aromatic nitrogens is 3. The van der Waals surface area contributed by atoms with Crippen LogP contribution in [-0.4, -0.2) is 52.8 Å². The number of benzene rings is 2. The minimum atomic E-state index is -4.63. The molecule has 46 heavy (non-hydrogen) atoms. The van der Waals surface area contributed by atoms with Crippen LogP contribution in [-0.2, 0) is 11.0 Å². The number of carbonyl (C=O) groups excluding carboxylic acids is 2. The highest BCUT2D eigenvalue weighted by molar-refractivity contribution is 6.11. The first-order valence-corrected chi connectivity index (χ1v) is 13.9. The Morgan fingerprint density at radius 1 is 0.739 bits per heavy atom. The number of nitrogens with zero attached hydrogens (tertiary/aromatic N) is 5. The Kier molecular flexibility index (Phi) is 17.1. The van der Waals surface area contributed by atoms with Gasteiger partial charge in [0.1, 0.15) is 0 Å². The zero-order valence-electron chi connectivity index (χ0n) is 25.8. The van der Waals surface area contributed by atoms with E-state index in [-0.39, 0.29) is 54.0 Å². The third kappa shape index (κ3) is 10.8. The Balaban J connectivity index is -0.000000750. The second-order valence-electron chi connectivity index (χ2n) is 10.2. The van der Waals surface area contributed by atoms with Crippen LogP contribution in [0.2, 0.25) is 0 Å². The van der Waals surface area contributed by atoms with Crippen LogP contribution in [0.3, 0.4) is 0 Å². The van der Waals surface area contributed by atoms with Crippen molar-refractivity contribution in [1.82, 2.24) is 39.6 Å². The second kappa shape index (κ2) is 18.8. The first kappa shape index (κ1) is 41.9. The lowest BCUT2D eigenvalue weighted by Crippen LogP contribution is -2.34. The number of carbonyl (C=O) groups is 2. The molecule has 2 fully saturated rings. The van der Waals surface area contributed by atoms with Crippen molar-refractivity contribution in [3.05, 3.63) is 59.7 Å². The molecule has 13 nitrogen and oxygen atoms in total. The molecule has 5 rings (SSSR count). The fourth-order valence-corrected chi connectivity index (χ4v) is 5.03. The average Bonchev–Trinajstić information content (AvgIpc) is 2.98. The zero-order chi connectivity index (χ0) is 28.8. The molecule has 0 aliphatic carbocycles. The summed E-state index contributed by atoms with van der Waals surface area (Å²) in [5.74, 6) is 0.358. The van der Waals surface area contributed by atoms with Crippen LogP contribution in [0.4, 0.5) is 42.4 Å². The Bertz CT molecular complexity index is 1370. The van der Waals surface area contributed by atoms with Gasteiger partial charge in [-0.25, -0.2) is 0 Å². The summed E-state index contributed by atoms with van der Waals surface area (Å²) in [5, 5.41) is 5.41. The number of ketones is 1. The van der Waals surface area contributed by atoms with Crippen molar-refractivity contribution in [2.45, 2.75) is 51.1 Å². The summed E-state index contributed by atoms with van der Waals surface area (Å²) in [4.78, 5) is 43.6. The topological polar surface area (TPSA) is 243 Å². The number of halogens is 4. The molecule has 0 radical (unpaired) electrons. The van der Waals surface area contributed by atoms with Gasteiger partial charge in [0.2, 0.25) is 23.8 Å². The first-order valence-electron chi connectivity index (χ1n) is 13.9. The van der Waals surface area contributed by atoms with E-state index in [2.05, 4.69) is 30.4 Å². The smallest absolute Gasteiger partial charge is 0.344 e. The summed E-state index contributed by atoms with van der Waals surface area (Å²) >= 11 is 0. The highest BCUT2D eigenvalue weighted by atomic mass is 35.5. The van der Waals surface area contributed by atoms with E-state index in [1.807, 2.05) is 0 Å². The molecule has 2 aromatic carbocycles. The van der Waals surface area contributed by atoms with Crippen molar-refractivity contribution in [2.24, 2.45) is 0 Å². The number of rotatable bonds is 8. The summed E-state index contributed by atoms with van der Waals surface area (Å²) < 4.78 is 39.6. The number of alkyl halides is 3. The monoisotopic (exact) mass is 679 g/mol. The van der Waals surface area contributed by atoms with Crippen molar-refractivity contribution < 1.29 is 28.5 Å². The Hall–Kier alpha value is -4.09. The number of anilines is 5. The predicted molar refractivity (Wildman–Crippen MR) is 186 cm³/mol. The molecule has 1 aromatic heterocycles. The largest absolute Gasteiger partial charge is 0.418 e. The number of piperidine rings is 2. The van der Waals surface area contributed by atoms with E-state index in [1.54, 1.807) is 24.3 Å². The van der Waals surface area contributed by atoms with Crippen LogP contribution in [0.15, 0.2) is 48.5 Å². The molecule has 3 aromatic rings. The molecule has 17 heteroatoms. The summed E-state index contributed by atoms with van der Waals surface area (Å²) in [6.45, 7) is 3.59. The normalized spacial score (nSPS) is 14.2. The van der Waals surface area contributed by atoms with Crippen molar-refractivity contribution >= 4 is 53.3 Å². The van der Waals surface area contributed by atoms with Gasteiger partial charge in [-0.1, -0.05) is 12.1 Å². The van der Waals surface area contributed by atoms with Crippen molar-refractivity contribution in [2.75, 3.05) is 46.6 Å². The van der Waals surface area contributed by atoms with E-state index in [9.17, 15) is 22.8 Å². The van der Waals surface area contributed by atoms with Crippen LogP contribution >= 0.6 is 12.4 Å². The average molecular weight is 680 g/mol. The standard InChI is InChI=1S/C29H32F3N7O2.ClH.4H3N.4H2/c30-29(31,32)22-9-3-4-10-23(22)34-25(41)19-24(40)20-11-13-21(14-12-20)33-26-35-27(38-15-5-1-6-16-38)37-28(36-26)39-17-7-2-8-18-39;;;;;;;;;/h3-4,9-14H,1-2,5-8,15-19H2,(H,34,41)(H,33,35,36,37);1H;4*1H3;4*1H. The molecule has 1 amide bonds. The summed E-state index contributed by atoms with van der Waals surface area (Å²) in [7, 11) is 0. The maximum atomic E-state index is 13.2. The molecule has 0 bridgehead atoms. The van der Waals surface area contributed by atoms with Gasteiger partial charge in [0.25, 0.3) is 0 Å². The van der Waals surface area contributed by atoms with Gasteiger partial charge in [0, 0.05) is 43.1 Å². The van der Waals surface area contributed by atoms with Gasteiger partial charge in [-0.3, -0.25) is 9.59 Å². The molecule has 2 saturated heterocycles. The summed E-state index contributed by atoms with van der Waals surface area (Å²) in [5.41, 5.74) is -0.456. The van der Waals surface area contributed by atoms with Gasteiger partial charge >= 0.3 is 6.18 Å². The third-order valence-corrected chi connectivity index (χ3v) is 7.18. The van der Waals surface area contributed by atoms with E-state index < -0.39 is 29.9 Å². The predicted octanol–water partition coefficient (Wildman–Crippen LogP) is 7.88. The van der Waals surface area contributed by atoms with Gasteiger partial charge in [0.05, 0.1) is 17.7 Å². The van der Waals surface area contributed by atoms with Crippen LogP contribution in [0.25, 0.3) is 0 Å². The molecular weight excluding hydrogens is 627 g/mol. The lowest BCUT2D eigenvalue weighted by molar-refractivity contribution is -0.137. The maximum absolute atomic E-state index is 13.2. The van der Waals surface area contributed by atoms with Gasteiger partial charge < -0.3 is 45.0 Å². The van der Waals surface area contributed by atoms with E-state index in [4.69, 9.17) is 4.98 Å². The molecule has 264 valence electrons. The lowest BCUT2D eigenvalue weighted by Gasteiger charge is -2.30. The number of para-hydroxylation sites is 1. The summed E-state index contributed by atoms with van der Waals surface area (Å²) in [6, 6.07) is 11.1. The number of amides is 1. The Morgan fingerprint density at radius 3 is 1.74 bits per heavy atom. The first-order chi connectivity index (χ1) is 19.8. The number of hydrogen-bond donors (Lipinski definition) is 6. The van der Waals surface area contributed by atoms with Gasteiger partial charge in [0.15, 0.2) is 5.78 Å². The highest BCUT2D eigenvalue weighted by Gasteiger charge is 2.33. The quantitative estimate of drug-likeness (QED) is 0.0983. The van der Waals surface area contributed by atoms with E-state index in [1.165, 1.54) is 25.0 Å². The van der Waals surface area contributed by atoms with Crippen LogP contribution in [0.1, 0.15) is 66.6 Å². The lowest BCUT2D eigenvalue weighted by atomic mass is 10.1. The van der Waals surface area contributed by atoms with E-state index >= 15 is 0 Å². The Morgan fingerprint density at radius 2 is 1.24 bits per heavy atom. The van der Waals surface area contributed by atoms with Crippen LogP contribution in [0, 0.1) is 0 Å². The molecule has 0 saturated carbocycles. The molecule has 0 atom stereocenters. The molecule has 2 aliphatic heterocycles. The van der Waals surface area contributed by atoms with Crippen LogP contribution in [0.5, 0.6) is 0 Å². The summed E-state index contributed by atoms with van der Waals surface area (Å²) in [6.07, 6.45) is 1.54. The van der Waals surface area contributed by atoms with Gasteiger partial charge in [-0.05, 0) is 74.9 Å². The van der Waals surface area contributed by atoms with Crippen molar-refractivity contribution in [3.63, 3.8) is 0 Å².